The second-order valence-corrected chi connectivity index (χ2v) is 8.84. The van der Waals surface area contributed by atoms with E-state index in [9.17, 15) is 13.2 Å². The first-order valence-electron chi connectivity index (χ1n) is 8.41. The summed E-state index contributed by atoms with van der Waals surface area (Å²) in [5.74, 6) is -0.362. The zero-order valence-corrected chi connectivity index (χ0v) is 16.6. The van der Waals surface area contributed by atoms with E-state index in [0.29, 0.717) is 5.69 Å². The maximum atomic E-state index is 12.6. The molecule has 2 N–H and O–H groups in total. The predicted octanol–water partition coefficient (Wildman–Crippen LogP) is 4.35. The number of nitrogens with one attached hydrogen (secondary N) is 2. The Morgan fingerprint density at radius 2 is 1.78 bits per heavy atom. The summed E-state index contributed by atoms with van der Waals surface area (Å²) >= 11 is 1.61. The van der Waals surface area contributed by atoms with Crippen molar-refractivity contribution in [1.82, 2.24) is 4.72 Å². The lowest BCUT2D eigenvalue weighted by Crippen LogP contribution is -2.30. The molecule has 1 amide bonds. The average molecular weight is 401 g/mol. The van der Waals surface area contributed by atoms with Gasteiger partial charge in [0.1, 0.15) is 0 Å². The van der Waals surface area contributed by atoms with Crippen molar-refractivity contribution in [2.75, 3.05) is 5.32 Å². The summed E-state index contributed by atoms with van der Waals surface area (Å²) in [7, 11) is -3.65. The summed E-state index contributed by atoms with van der Waals surface area (Å²) < 4.78 is 27.1. The molecule has 0 aliphatic rings. The number of hydrogen-bond donors (Lipinski definition) is 2. The first kappa shape index (κ1) is 19.3. The van der Waals surface area contributed by atoms with E-state index in [-0.39, 0.29) is 22.4 Å². The zero-order valence-electron chi connectivity index (χ0n) is 15.0. The van der Waals surface area contributed by atoms with Crippen LogP contribution in [0.5, 0.6) is 0 Å². The van der Waals surface area contributed by atoms with Crippen molar-refractivity contribution in [1.29, 1.82) is 0 Å². The molecule has 0 saturated carbocycles. The number of carbonyl (C=O) groups excluding carboxylic acids is 1. The van der Waals surface area contributed by atoms with Crippen molar-refractivity contribution in [2.45, 2.75) is 24.8 Å². The smallest absolute Gasteiger partial charge is 0.255 e. The van der Waals surface area contributed by atoms with E-state index >= 15 is 0 Å². The molecule has 27 heavy (non-hydrogen) atoms. The Hall–Kier alpha value is -2.48. The number of hydrogen-bond acceptors (Lipinski definition) is 4. The number of anilines is 1. The minimum absolute atomic E-state index is 0.0656. The fourth-order valence-electron chi connectivity index (χ4n) is 2.59. The van der Waals surface area contributed by atoms with E-state index < -0.39 is 10.0 Å². The molecule has 0 unspecified atom stereocenters. The van der Waals surface area contributed by atoms with E-state index in [0.717, 1.165) is 11.1 Å². The Morgan fingerprint density at radius 3 is 2.48 bits per heavy atom. The average Bonchev–Trinajstić information content (AvgIpc) is 3.16. The maximum absolute atomic E-state index is 12.6. The summed E-state index contributed by atoms with van der Waals surface area (Å²) in [6, 6.07) is 15.3. The van der Waals surface area contributed by atoms with Gasteiger partial charge in [-0.05, 0) is 72.1 Å². The largest absolute Gasteiger partial charge is 0.322 e. The second-order valence-electron chi connectivity index (χ2n) is 6.35. The number of amides is 1. The normalized spacial score (nSPS) is 11.5. The van der Waals surface area contributed by atoms with E-state index in [1.807, 2.05) is 35.0 Å². The highest BCUT2D eigenvalue weighted by atomic mass is 32.2. The SMILES string of the molecule is CC(C)NS(=O)(=O)c1cccc(C(=O)Nc2cccc(-c3ccsc3)c2)c1. The summed E-state index contributed by atoms with van der Waals surface area (Å²) in [6.45, 7) is 3.49. The van der Waals surface area contributed by atoms with Crippen molar-refractivity contribution in [2.24, 2.45) is 0 Å². The second kappa shape index (κ2) is 8.04. The fraction of sp³-hybridized carbons (Fsp3) is 0.150. The molecule has 0 atom stereocenters. The van der Waals surface area contributed by atoms with Gasteiger partial charge in [0.25, 0.3) is 5.91 Å². The Bertz CT molecular complexity index is 1040. The molecule has 0 radical (unpaired) electrons. The van der Waals surface area contributed by atoms with E-state index in [1.54, 1.807) is 43.4 Å². The molecule has 7 heteroatoms. The molecular formula is C20H20N2O3S2. The van der Waals surface area contributed by atoms with E-state index in [1.165, 1.54) is 12.1 Å². The van der Waals surface area contributed by atoms with Gasteiger partial charge in [0, 0.05) is 17.3 Å². The van der Waals surface area contributed by atoms with Crippen LogP contribution in [0.4, 0.5) is 5.69 Å². The fourth-order valence-corrected chi connectivity index (χ4v) is 4.55. The summed E-state index contributed by atoms with van der Waals surface area (Å²) in [5.41, 5.74) is 3.02. The van der Waals surface area contributed by atoms with Gasteiger partial charge in [-0.2, -0.15) is 11.3 Å². The van der Waals surface area contributed by atoms with Gasteiger partial charge in [-0.15, -0.1) is 0 Å². The van der Waals surface area contributed by atoms with Crippen LogP contribution in [0.1, 0.15) is 24.2 Å². The highest BCUT2D eigenvalue weighted by Crippen LogP contribution is 2.25. The highest BCUT2D eigenvalue weighted by molar-refractivity contribution is 7.89. The van der Waals surface area contributed by atoms with Crippen LogP contribution in [0.15, 0.2) is 70.3 Å². The van der Waals surface area contributed by atoms with Crippen molar-refractivity contribution in [3.8, 4) is 11.1 Å². The molecule has 5 nitrogen and oxygen atoms in total. The van der Waals surface area contributed by atoms with Crippen LogP contribution < -0.4 is 10.0 Å². The third kappa shape index (κ3) is 4.82. The van der Waals surface area contributed by atoms with Crippen LogP contribution >= 0.6 is 11.3 Å². The van der Waals surface area contributed by atoms with Crippen molar-refractivity contribution < 1.29 is 13.2 Å². The number of sulfonamides is 1. The molecule has 2 aromatic carbocycles. The molecule has 0 spiro atoms. The molecule has 0 aliphatic carbocycles. The van der Waals surface area contributed by atoms with E-state index in [4.69, 9.17) is 0 Å². The molecule has 1 aromatic heterocycles. The standard InChI is InChI=1S/C20H20N2O3S2/c1-14(2)22-27(24,25)19-8-4-6-16(12-19)20(23)21-18-7-3-5-15(11-18)17-9-10-26-13-17/h3-14,22H,1-2H3,(H,21,23). The topological polar surface area (TPSA) is 75.3 Å². The number of rotatable bonds is 6. The summed E-state index contributed by atoms with van der Waals surface area (Å²) in [4.78, 5) is 12.7. The Labute approximate surface area is 163 Å². The third-order valence-corrected chi connectivity index (χ3v) is 6.11. The minimum atomic E-state index is -3.65. The van der Waals surface area contributed by atoms with Crippen LogP contribution in [0.2, 0.25) is 0 Å². The molecule has 0 bridgehead atoms. The van der Waals surface area contributed by atoms with Crippen molar-refractivity contribution in [3.05, 3.63) is 70.9 Å². The van der Waals surface area contributed by atoms with Crippen LogP contribution in [0, 0.1) is 0 Å². The van der Waals surface area contributed by atoms with Crippen LogP contribution in [0.25, 0.3) is 11.1 Å². The number of thiophene rings is 1. The maximum Gasteiger partial charge on any atom is 0.255 e. The molecule has 0 aliphatic heterocycles. The molecule has 3 rings (SSSR count). The molecule has 3 aromatic rings. The van der Waals surface area contributed by atoms with Gasteiger partial charge >= 0.3 is 0 Å². The van der Waals surface area contributed by atoms with Gasteiger partial charge in [-0.1, -0.05) is 18.2 Å². The minimum Gasteiger partial charge on any atom is -0.322 e. The molecule has 1 heterocycles. The van der Waals surface area contributed by atoms with Gasteiger partial charge in [-0.3, -0.25) is 4.79 Å². The predicted molar refractivity (Wildman–Crippen MR) is 110 cm³/mol. The Morgan fingerprint density at radius 1 is 1.00 bits per heavy atom. The summed E-state index contributed by atoms with van der Waals surface area (Å²) in [6.07, 6.45) is 0. The number of benzene rings is 2. The van der Waals surface area contributed by atoms with Crippen LogP contribution in [-0.2, 0) is 10.0 Å². The van der Waals surface area contributed by atoms with Crippen LogP contribution in [0.3, 0.4) is 0 Å². The Kier molecular flexibility index (Phi) is 5.74. The lowest BCUT2D eigenvalue weighted by Gasteiger charge is -2.11. The van der Waals surface area contributed by atoms with Crippen molar-refractivity contribution >= 4 is 33.0 Å². The van der Waals surface area contributed by atoms with Crippen molar-refractivity contribution in [3.63, 3.8) is 0 Å². The first-order valence-corrected chi connectivity index (χ1v) is 10.8. The quantitative estimate of drug-likeness (QED) is 0.646. The number of carbonyl (C=O) groups is 1. The van der Waals surface area contributed by atoms with Gasteiger partial charge in [0.2, 0.25) is 10.0 Å². The lowest BCUT2D eigenvalue weighted by atomic mass is 10.1. The van der Waals surface area contributed by atoms with Gasteiger partial charge in [-0.25, -0.2) is 13.1 Å². The van der Waals surface area contributed by atoms with Gasteiger partial charge in [0.15, 0.2) is 0 Å². The molecule has 0 saturated heterocycles. The third-order valence-electron chi connectivity index (χ3n) is 3.77. The van der Waals surface area contributed by atoms with Crippen LogP contribution in [-0.4, -0.2) is 20.4 Å². The zero-order chi connectivity index (χ0) is 19.4. The Balaban J connectivity index is 1.81. The highest BCUT2D eigenvalue weighted by Gasteiger charge is 2.17. The van der Waals surface area contributed by atoms with Gasteiger partial charge < -0.3 is 5.32 Å². The molecular weight excluding hydrogens is 380 g/mol. The van der Waals surface area contributed by atoms with E-state index in [2.05, 4.69) is 10.0 Å². The molecule has 140 valence electrons. The summed E-state index contributed by atoms with van der Waals surface area (Å²) in [5, 5.41) is 6.87. The lowest BCUT2D eigenvalue weighted by molar-refractivity contribution is 0.102. The molecule has 0 fully saturated rings. The monoisotopic (exact) mass is 400 g/mol. The van der Waals surface area contributed by atoms with Gasteiger partial charge in [0.05, 0.1) is 4.90 Å². The first-order chi connectivity index (χ1) is 12.8.